The van der Waals surface area contributed by atoms with Gasteiger partial charge in [0.05, 0.1) is 16.1 Å². The topological polar surface area (TPSA) is 43.6 Å². The molecular weight excluding hydrogens is 328 g/mol. The molecule has 0 amide bonds. The van der Waals surface area contributed by atoms with Crippen LogP contribution in [0.15, 0.2) is 42.9 Å². The first kappa shape index (κ1) is 14.4. The molecule has 4 aromatic heterocycles. The normalized spacial score (nSPS) is 11.3. The van der Waals surface area contributed by atoms with Crippen molar-refractivity contribution in [2.75, 3.05) is 0 Å². The van der Waals surface area contributed by atoms with Gasteiger partial charge in [0.15, 0.2) is 0 Å². The molecule has 0 unspecified atom stereocenters. The van der Waals surface area contributed by atoms with E-state index in [1.54, 1.807) is 17.5 Å². The summed E-state index contributed by atoms with van der Waals surface area (Å²) >= 11 is 7.83. The molecule has 4 rings (SSSR count). The highest BCUT2D eigenvalue weighted by Gasteiger charge is 2.17. The van der Waals surface area contributed by atoms with Crippen molar-refractivity contribution in [3.05, 3.63) is 53.7 Å². The van der Waals surface area contributed by atoms with Crippen LogP contribution in [-0.2, 0) is 7.05 Å². The van der Waals surface area contributed by atoms with Crippen LogP contribution in [0.3, 0.4) is 0 Å². The molecule has 0 saturated carbocycles. The van der Waals surface area contributed by atoms with Gasteiger partial charge in [-0.1, -0.05) is 11.6 Å². The van der Waals surface area contributed by atoms with Gasteiger partial charge in [-0.15, -0.1) is 11.3 Å². The van der Waals surface area contributed by atoms with Crippen LogP contribution in [0.1, 0.15) is 5.69 Å². The SMILES string of the molecule is Cc1nc(-c2cccnc2)sc1-c1nc(Cl)cc2ccn(C)c12. The number of hydrogen-bond donors (Lipinski definition) is 0. The molecule has 0 aliphatic carbocycles. The van der Waals surface area contributed by atoms with Crippen LogP contribution in [0.2, 0.25) is 5.15 Å². The predicted octanol–water partition coefficient (Wildman–Crippen LogP) is 4.72. The van der Waals surface area contributed by atoms with Crippen LogP contribution in [0.5, 0.6) is 0 Å². The Labute approximate surface area is 142 Å². The quantitative estimate of drug-likeness (QED) is 0.496. The van der Waals surface area contributed by atoms with Crippen molar-refractivity contribution in [2.45, 2.75) is 6.92 Å². The zero-order chi connectivity index (χ0) is 16.0. The van der Waals surface area contributed by atoms with Gasteiger partial charge in [0.1, 0.15) is 15.9 Å². The van der Waals surface area contributed by atoms with Crippen molar-refractivity contribution in [3.63, 3.8) is 0 Å². The molecule has 0 saturated heterocycles. The van der Waals surface area contributed by atoms with Crippen molar-refractivity contribution >= 4 is 33.8 Å². The second-order valence-electron chi connectivity index (χ2n) is 5.33. The Balaban J connectivity index is 1.95. The van der Waals surface area contributed by atoms with Gasteiger partial charge in [0.25, 0.3) is 0 Å². The summed E-state index contributed by atoms with van der Waals surface area (Å²) in [5.41, 5.74) is 3.91. The molecule has 0 N–H and O–H groups in total. The molecule has 0 radical (unpaired) electrons. The lowest BCUT2D eigenvalue weighted by Crippen LogP contribution is -1.92. The van der Waals surface area contributed by atoms with E-state index in [-0.39, 0.29) is 0 Å². The van der Waals surface area contributed by atoms with Crippen molar-refractivity contribution in [2.24, 2.45) is 7.05 Å². The van der Waals surface area contributed by atoms with Crippen LogP contribution in [0.25, 0.3) is 32.0 Å². The van der Waals surface area contributed by atoms with Crippen LogP contribution in [-0.4, -0.2) is 19.5 Å². The largest absolute Gasteiger partial charge is 0.349 e. The first-order valence-corrected chi connectivity index (χ1v) is 8.32. The monoisotopic (exact) mass is 340 g/mol. The van der Waals surface area contributed by atoms with Crippen molar-refractivity contribution in [3.8, 4) is 21.1 Å². The van der Waals surface area contributed by atoms with E-state index in [1.807, 2.05) is 50.6 Å². The number of hydrogen-bond acceptors (Lipinski definition) is 4. The Morgan fingerprint density at radius 2 is 2.09 bits per heavy atom. The summed E-state index contributed by atoms with van der Waals surface area (Å²) in [7, 11) is 2.01. The maximum Gasteiger partial charge on any atom is 0.130 e. The Bertz CT molecular complexity index is 1000. The fourth-order valence-corrected chi connectivity index (χ4v) is 3.93. The lowest BCUT2D eigenvalue weighted by Gasteiger charge is -2.05. The molecule has 0 spiro atoms. The van der Waals surface area contributed by atoms with E-state index in [1.165, 1.54) is 0 Å². The molecule has 0 atom stereocenters. The minimum Gasteiger partial charge on any atom is -0.349 e. The molecule has 4 heterocycles. The molecule has 0 aliphatic heterocycles. The van der Waals surface area contributed by atoms with Gasteiger partial charge in [-0.25, -0.2) is 9.97 Å². The number of thiazole rings is 1. The Morgan fingerprint density at radius 1 is 1.22 bits per heavy atom. The molecule has 0 fully saturated rings. The van der Waals surface area contributed by atoms with Crippen LogP contribution in [0.4, 0.5) is 0 Å². The summed E-state index contributed by atoms with van der Waals surface area (Å²) in [6.07, 6.45) is 5.60. The third-order valence-corrected chi connectivity index (χ3v) is 5.15. The van der Waals surface area contributed by atoms with Crippen molar-refractivity contribution in [1.82, 2.24) is 19.5 Å². The summed E-state index contributed by atoms with van der Waals surface area (Å²) in [6.45, 7) is 2.00. The summed E-state index contributed by atoms with van der Waals surface area (Å²) in [5.74, 6) is 0. The van der Waals surface area contributed by atoms with Gasteiger partial charge < -0.3 is 4.57 Å². The number of pyridine rings is 2. The first-order chi connectivity index (χ1) is 11.1. The molecule has 6 heteroatoms. The van der Waals surface area contributed by atoms with E-state index < -0.39 is 0 Å². The summed E-state index contributed by atoms with van der Waals surface area (Å²) < 4.78 is 2.07. The third kappa shape index (κ3) is 2.42. The average molecular weight is 341 g/mol. The van der Waals surface area contributed by atoms with Gasteiger partial charge in [0.2, 0.25) is 0 Å². The minimum atomic E-state index is 0.495. The Hall–Kier alpha value is -2.24. The van der Waals surface area contributed by atoms with E-state index in [4.69, 9.17) is 16.6 Å². The van der Waals surface area contributed by atoms with Gasteiger partial charge in [-0.2, -0.15) is 0 Å². The van der Waals surface area contributed by atoms with E-state index in [0.717, 1.165) is 37.7 Å². The van der Waals surface area contributed by atoms with E-state index >= 15 is 0 Å². The summed E-state index contributed by atoms with van der Waals surface area (Å²) in [5, 5.41) is 2.52. The molecule has 4 nitrogen and oxygen atoms in total. The molecule has 0 aromatic carbocycles. The molecule has 4 aromatic rings. The van der Waals surface area contributed by atoms with Crippen molar-refractivity contribution < 1.29 is 0 Å². The molecule has 0 bridgehead atoms. The maximum atomic E-state index is 6.21. The molecular formula is C17H13ClN4S. The molecule has 114 valence electrons. The minimum absolute atomic E-state index is 0.495. The second-order valence-corrected chi connectivity index (χ2v) is 6.72. The van der Waals surface area contributed by atoms with Crippen LogP contribution in [0, 0.1) is 6.92 Å². The predicted molar refractivity (Wildman–Crippen MR) is 94.8 cm³/mol. The summed E-state index contributed by atoms with van der Waals surface area (Å²) in [6, 6.07) is 7.86. The third-order valence-electron chi connectivity index (χ3n) is 3.74. The van der Waals surface area contributed by atoms with E-state index in [2.05, 4.69) is 14.5 Å². The van der Waals surface area contributed by atoms with Gasteiger partial charge in [-0.05, 0) is 31.2 Å². The van der Waals surface area contributed by atoms with E-state index in [9.17, 15) is 0 Å². The first-order valence-electron chi connectivity index (χ1n) is 7.13. The fraction of sp³-hybridized carbons (Fsp3) is 0.118. The van der Waals surface area contributed by atoms with Gasteiger partial charge in [-0.3, -0.25) is 4.98 Å². The second kappa shape index (κ2) is 5.44. The van der Waals surface area contributed by atoms with Crippen molar-refractivity contribution in [1.29, 1.82) is 0 Å². The lowest BCUT2D eigenvalue weighted by atomic mass is 10.2. The van der Waals surface area contributed by atoms with Gasteiger partial charge in [0, 0.05) is 36.6 Å². The zero-order valence-corrected chi connectivity index (χ0v) is 14.2. The highest BCUT2D eigenvalue weighted by molar-refractivity contribution is 7.18. The number of rotatable bonds is 2. The summed E-state index contributed by atoms with van der Waals surface area (Å²) in [4.78, 5) is 14.5. The maximum absolute atomic E-state index is 6.21. The van der Waals surface area contributed by atoms with E-state index in [0.29, 0.717) is 5.15 Å². The fourth-order valence-electron chi connectivity index (χ4n) is 2.68. The standard InChI is InChI=1S/C17H13ClN4S/c1-10-16(23-17(20-10)12-4-3-6-19-9-12)14-15-11(5-7-22(15)2)8-13(18)21-14/h3-9H,1-2H3. The highest BCUT2D eigenvalue weighted by Crippen LogP contribution is 2.38. The average Bonchev–Trinajstić information content (AvgIpc) is 3.11. The van der Waals surface area contributed by atoms with Crippen LogP contribution < -0.4 is 0 Å². The van der Waals surface area contributed by atoms with Crippen LogP contribution >= 0.6 is 22.9 Å². The molecule has 0 aliphatic rings. The number of halogens is 1. The number of fused-ring (bicyclic) bond motifs is 1. The molecule has 23 heavy (non-hydrogen) atoms. The smallest absolute Gasteiger partial charge is 0.130 e. The Kier molecular flexibility index (Phi) is 3.39. The van der Waals surface area contributed by atoms with Gasteiger partial charge >= 0.3 is 0 Å². The Morgan fingerprint density at radius 3 is 2.87 bits per heavy atom. The number of aromatic nitrogens is 4. The number of aryl methyl sites for hydroxylation is 2. The zero-order valence-electron chi connectivity index (χ0n) is 12.6. The lowest BCUT2D eigenvalue weighted by molar-refractivity contribution is 0.966. The number of nitrogens with zero attached hydrogens (tertiary/aromatic N) is 4. The highest BCUT2D eigenvalue weighted by atomic mass is 35.5.